The summed E-state index contributed by atoms with van der Waals surface area (Å²) in [5.74, 6) is -0.334. The number of nitrogens with two attached hydrogens (primary N) is 1. The lowest BCUT2D eigenvalue weighted by Crippen LogP contribution is -2.20. The van der Waals surface area contributed by atoms with E-state index in [2.05, 4.69) is 5.32 Å². The van der Waals surface area contributed by atoms with Crippen LogP contribution in [0.25, 0.3) is 0 Å². The SMILES string of the molecule is Cc1c(NC(=O)CCC(C)N)cccc1C(F)(F)F.Cl. The van der Waals surface area contributed by atoms with Crippen LogP contribution in [0.1, 0.15) is 30.9 Å². The van der Waals surface area contributed by atoms with E-state index < -0.39 is 11.7 Å². The fourth-order valence-electron chi connectivity index (χ4n) is 1.65. The Morgan fingerprint density at radius 1 is 1.40 bits per heavy atom. The van der Waals surface area contributed by atoms with Crippen LogP contribution in [0.5, 0.6) is 0 Å². The zero-order valence-electron chi connectivity index (χ0n) is 11.3. The number of benzene rings is 1. The number of nitrogens with one attached hydrogen (secondary N) is 1. The summed E-state index contributed by atoms with van der Waals surface area (Å²) in [5.41, 5.74) is 4.98. The molecule has 3 N–H and O–H groups in total. The maximum atomic E-state index is 12.7. The van der Waals surface area contributed by atoms with Gasteiger partial charge in [0.1, 0.15) is 0 Å². The molecule has 1 aromatic carbocycles. The average Bonchev–Trinajstić information content (AvgIpc) is 2.27. The summed E-state index contributed by atoms with van der Waals surface area (Å²) in [6, 6.07) is 3.60. The van der Waals surface area contributed by atoms with E-state index in [-0.39, 0.29) is 42.0 Å². The highest BCUT2D eigenvalue weighted by Crippen LogP contribution is 2.34. The van der Waals surface area contributed by atoms with Gasteiger partial charge in [-0.1, -0.05) is 6.07 Å². The van der Waals surface area contributed by atoms with Gasteiger partial charge in [0.25, 0.3) is 0 Å². The van der Waals surface area contributed by atoms with Crippen LogP contribution in [0.15, 0.2) is 18.2 Å². The largest absolute Gasteiger partial charge is 0.416 e. The van der Waals surface area contributed by atoms with Crippen LogP contribution in [-0.4, -0.2) is 11.9 Å². The highest BCUT2D eigenvalue weighted by Gasteiger charge is 2.32. The fraction of sp³-hybridized carbons (Fsp3) is 0.462. The Kier molecular flexibility index (Phi) is 7.02. The standard InChI is InChI=1S/C13H17F3N2O.ClH/c1-8(17)6-7-12(19)18-11-5-3-4-10(9(11)2)13(14,15)16;/h3-5,8H,6-7,17H2,1-2H3,(H,18,19);1H. The van der Waals surface area contributed by atoms with Gasteiger partial charge in [0.2, 0.25) is 5.91 Å². The van der Waals surface area contributed by atoms with Gasteiger partial charge >= 0.3 is 6.18 Å². The number of carbonyl (C=O) groups excluding carboxylic acids is 1. The molecule has 114 valence electrons. The van der Waals surface area contributed by atoms with E-state index in [1.54, 1.807) is 6.92 Å². The summed E-state index contributed by atoms with van der Waals surface area (Å²) in [6.07, 6.45) is -3.74. The van der Waals surface area contributed by atoms with Crippen molar-refractivity contribution in [2.75, 3.05) is 5.32 Å². The summed E-state index contributed by atoms with van der Waals surface area (Å²) in [5, 5.41) is 2.48. The van der Waals surface area contributed by atoms with Crippen molar-refractivity contribution in [1.29, 1.82) is 0 Å². The number of amides is 1. The van der Waals surface area contributed by atoms with Gasteiger partial charge in [-0.15, -0.1) is 12.4 Å². The first-order valence-electron chi connectivity index (χ1n) is 5.94. The second kappa shape index (κ2) is 7.50. The summed E-state index contributed by atoms with van der Waals surface area (Å²) in [7, 11) is 0. The minimum Gasteiger partial charge on any atom is -0.328 e. The smallest absolute Gasteiger partial charge is 0.328 e. The Bertz CT molecular complexity index is 461. The third-order valence-electron chi connectivity index (χ3n) is 2.74. The molecule has 0 aliphatic heterocycles. The topological polar surface area (TPSA) is 55.1 Å². The molecular weight excluding hydrogens is 293 g/mol. The van der Waals surface area contributed by atoms with Gasteiger partial charge in [0, 0.05) is 18.2 Å². The van der Waals surface area contributed by atoms with Gasteiger partial charge in [-0.05, 0) is 38.0 Å². The number of hydrogen-bond acceptors (Lipinski definition) is 2. The molecular formula is C13H18ClF3N2O. The number of hydrogen-bond donors (Lipinski definition) is 2. The van der Waals surface area contributed by atoms with E-state index in [4.69, 9.17) is 5.73 Å². The second-order valence-corrected chi connectivity index (χ2v) is 4.54. The van der Waals surface area contributed by atoms with E-state index in [0.29, 0.717) is 6.42 Å². The molecule has 0 radical (unpaired) electrons. The van der Waals surface area contributed by atoms with Gasteiger partial charge < -0.3 is 11.1 Å². The third kappa shape index (κ3) is 5.38. The summed E-state index contributed by atoms with van der Waals surface area (Å²) >= 11 is 0. The quantitative estimate of drug-likeness (QED) is 0.894. The Labute approximate surface area is 122 Å². The predicted octanol–water partition coefficient (Wildman–Crippen LogP) is 3.50. The minimum atomic E-state index is -4.42. The number of alkyl halides is 3. The number of anilines is 1. The van der Waals surface area contributed by atoms with Gasteiger partial charge in [-0.3, -0.25) is 4.79 Å². The van der Waals surface area contributed by atoms with Gasteiger partial charge in [0.05, 0.1) is 5.56 Å². The summed E-state index contributed by atoms with van der Waals surface area (Å²) in [4.78, 5) is 11.6. The molecule has 1 atom stereocenters. The van der Waals surface area contributed by atoms with Crippen molar-refractivity contribution in [3.05, 3.63) is 29.3 Å². The van der Waals surface area contributed by atoms with E-state index >= 15 is 0 Å². The molecule has 0 bridgehead atoms. The van der Waals surface area contributed by atoms with Crippen molar-refractivity contribution in [3.8, 4) is 0 Å². The highest BCUT2D eigenvalue weighted by atomic mass is 35.5. The van der Waals surface area contributed by atoms with Crippen LogP contribution in [0.3, 0.4) is 0 Å². The highest BCUT2D eigenvalue weighted by molar-refractivity contribution is 5.91. The lowest BCUT2D eigenvalue weighted by molar-refractivity contribution is -0.138. The van der Waals surface area contributed by atoms with Crippen LogP contribution in [0, 0.1) is 6.92 Å². The van der Waals surface area contributed by atoms with Crippen molar-refractivity contribution >= 4 is 24.0 Å². The van der Waals surface area contributed by atoms with E-state index in [0.717, 1.165) is 6.07 Å². The van der Waals surface area contributed by atoms with Crippen molar-refractivity contribution in [2.24, 2.45) is 5.73 Å². The van der Waals surface area contributed by atoms with Crippen LogP contribution < -0.4 is 11.1 Å². The average molecular weight is 311 g/mol. The molecule has 0 fully saturated rings. The maximum absolute atomic E-state index is 12.7. The first kappa shape index (κ1) is 18.7. The molecule has 1 unspecified atom stereocenters. The van der Waals surface area contributed by atoms with Gasteiger partial charge in [-0.25, -0.2) is 0 Å². The molecule has 0 spiro atoms. The van der Waals surface area contributed by atoms with Crippen molar-refractivity contribution in [1.82, 2.24) is 0 Å². The zero-order chi connectivity index (χ0) is 14.6. The van der Waals surface area contributed by atoms with Crippen molar-refractivity contribution in [2.45, 2.75) is 38.9 Å². The lowest BCUT2D eigenvalue weighted by Gasteiger charge is -2.14. The molecule has 0 aromatic heterocycles. The third-order valence-corrected chi connectivity index (χ3v) is 2.74. The van der Waals surface area contributed by atoms with Crippen LogP contribution in [-0.2, 0) is 11.0 Å². The molecule has 0 aliphatic rings. The van der Waals surface area contributed by atoms with Crippen LogP contribution >= 0.6 is 12.4 Å². The molecule has 0 heterocycles. The van der Waals surface area contributed by atoms with Gasteiger partial charge in [-0.2, -0.15) is 13.2 Å². The zero-order valence-corrected chi connectivity index (χ0v) is 12.1. The maximum Gasteiger partial charge on any atom is 0.416 e. The lowest BCUT2D eigenvalue weighted by atomic mass is 10.1. The normalized spacial score (nSPS) is 12.5. The molecule has 0 aliphatic carbocycles. The molecule has 1 rings (SSSR count). The molecule has 1 aromatic rings. The fourth-order valence-corrected chi connectivity index (χ4v) is 1.65. The predicted molar refractivity (Wildman–Crippen MR) is 74.9 cm³/mol. The first-order chi connectivity index (χ1) is 8.71. The second-order valence-electron chi connectivity index (χ2n) is 4.54. The minimum absolute atomic E-state index is 0. The molecule has 7 heteroatoms. The summed E-state index contributed by atoms with van der Waals surface area (Å²) in [6.45, 7) is 3.10. The molecule has 20 heavy (non-hydrogen) atoms. The van der Waals surface area contributed by atoms with Crippen LogP contribution in [0.2, 0.25) is 0 Å². The van der Waals surface area contributed by atoms with Gasteiger partial charge in [0.15, 0.2) is 0 Å². The van der Waals surface area contributed by atoms with Crippen LogP contribution in [0.4, 0.5) is 18.9 Å². The van der Waals surface area contributed by atoms with E-state index in [9.17, 15) is 18.0 Å². The molecule has 0 saturated carbocycles. The van der Waals surface area contributed by atoms with E-state index in [1.165, 1.54) is 19.1 Å². The Morgan fingerprint density at radius 3 is 2.50 bits per heavy atom. The Morgan fingerprint density at radius 2 is 2.00 bits per heavy atom. The number of halogens is 4. The van der Waals surface area contributed by atoms with Crippen molar-refractivity contribution in [3.63, 3.8) is 0 Å². The molecule has 1 amide bonds. The Hall–Kier alpha value is -1.27. The Balaban J connectivity index is 0.00000361. The number of carbonyl (C=O) groups is 1. The van der Waals surface area contributed by atoms with E-state index in [1.807, 2.05) is 0 Å². The number of rotatable bonds is 4. The summed E-state index contributed by atoms with van der Waals surface area (Å²) < 4.78 is 38.1. The first-order valence-corrected chi connectivity index (χ1v) is 5.94. The molecule has 0 saturated heterocycles. The molecule has 3 nitrogen and oxygen atoms in total. The van der Waals surface area contributed by atoms with Crippen molar-refractivity contribution < 1.29 is 18.0 Å². The monoisotopic (exact) mass is 310 g/mol.